The molecule has 0 aromatic rings. The summed E-state index contributed by atoms with van der Waals surface area (Å²) < 4.78 is 0. The quantitative estimate of drug-likeness (QED) is 0.606. The molecule has 2 aliphatic rings. The van der Waals surface area contributed by atoms with Crippen LogP contribution in [0, 0.1) is 0 Å². The van der Waals surface area contributed by atoms with Crippen LogP contribution in [-0.4, -0.2) is 42.5 Å². The summed E-state index contributed by atoms with van der Waals surface area (Å²) in [6.07, 6.45) is 5.41. The second-order valence-electron chi connectivity index (χ2n) is 4.40. The molecule has 0 bridgehead atoms. The van der Waals surface area contributed by atoms with Gasteiger partial charge in [-0.25, -0.2) is 0 Å². The van der Waals surface area contributed by atoms with E-state index >= 15 is 0 Å². The van der Waals surface area contributed by atoms with Gasteiger partial charge in [-0.15, -0.1) is 0 Å². The topological polar surface area (TPSA) is 6.48 Å². The van der Waals surface area contributed by atoms with Crippen LogP contribution in [-0.2, 0) is 0 Å². The molecule has 2 saturated heterocycles. The molecule has 0 amide bonds. The van der Waals surface area contributed by atoms with E-state index in [0.717, 1.165) is 6.04 Å². The maximum atomic E-state index is 4.08. The number of piperidine rings is 1. The Morgan fingerprint density at radius 3 is 2.46 bits per heavy atom. The average molecular weight is 180 g/mol. The van der Waals surface area contributed by atoms with Gasteiger partial charge in [-0.1, -0.05) is 13.0 Å². The van der Waals surface area contributed by atoms with E-state index in [1.54, 1.807) is 0 Å². The van der Waals surface area contributed by atoms with E-state index in [1.807, 2.05) is 0 Å². The number of hydrogen-bond donors (Lipinski definition) is 0. The second kappa shape index (κ2) is 3.70. The summed E-state index contributed by atoms with van der Waals surface area (Å²) in [5.41, 5.74) is 1.32. The number of likely N-dealkylation sites (tertiary alicyclic amines) is 2. The van der Waals surface area contributed by atoms with E-state index < -0.39 is 0 Å². The van der Waals surface area contributed by atoms with Crippen LogP contribution in [0.2, 0.25) is 0 Å². The summed E-state index contributed by atoms with van der Waals surface area (Å²) in [6.45, 7) is 7.90. The van der Waals surface area contributed by atoms with Crippen LogP contribution < -0.4 is 0 Å². The van der Waals surface area contributed by atoms with E-state index in [9.17, 15) is 0 Å². The zero-order chi connectivity index (χ0) is 9.26. The van der Waals surface area contributed by atoms with Gasteiger partial charge in [-0.2, -0.15) is 0 Å². The van der Waals surface area contributed by atoms with Crippen molar-refractivity contribution in [3.63, 3.8) is 0 Å². The standard InChI is InChI=1S/C11H20N2/c1-10-8-11(9-12(10)2)13-6-4-3-5-7-13/h11H,1,3-9H2,2H3/t11-/m1/s1. The first kappa shape index (κ1) is 9.07. The summed E-state index contributed by atoms with van der Waals surface area (Å²) in [7, 11) is 2.16. The van der Waals surface area contributed by atoms with E-state index in [4.69, 9.17) is 0 Å². The van der Waals surface area contributed by atoms with Crippen molar-refractivity contribution in [1.82, 2.24) is 9.80 Å². The Kier molecular flexibility index (Phi) is 2.58. The zero-order valence-corrected chi connectivity index (χ0v) is 8.63. The van der Waals surface area contributed by atoms with Gasteiger partial charge in [0, 0.05) is 31.8 Å². The van der Waals surface area contributed by atoms with Crippen molar-refractivity contribution in [3.8, 4) is 0 Å². The lowest BCUT2D eigenvalue weighted by Gasteiger charge is -2.31. The smallest absolute Gasteiger partial charge is 0.0331 e. The van der Waals surface area contributed by atoms with Crippen molar-refractivity contribution in [2.24, 2.45) is 0 Å². The van der Waals surface area contributed by atoms with Crippen LogP contribution in [0.1, 0.15) is 25.7 Å². The molecule has 13 heavy (non-hydrogen) atoms. The molecule has 0 aromatic heterocycles. The Labute approximate surface area is 81.2 Å². The van der Waals surface area contributed by atoms with E-state index in [2.05, 4.69) is 23.4 Å². The fourth-order valence-electron chi connectivity index (χ4n) is 2.47. The molecule has 74 valence electrons. The molecular weight excluding hydrogens is 160 g/mol. The highest BCUT2D eigenvalue weighted by atomic mass is 15.2. The molecule has 2 rings (SSSR count). The molecular formula is C11H20N2. The first-order valence-electron chi connectivity index (χ1n) is 5.40. The third-order valence-electron chi connectivity index (χ3n) is 3.40. The predicted molar refractivity (Wildman–Crippen MR) is 55.6 cm³/mol. The predicted octanol–water partition coefficient (Wildman–Crippen LogP) is 1.69. The highest BCUT2D eigenvalue weighted by Gasteiger charge is 2.28. The largest absolute Gasteiger partial charge is 0.377 e. The van der Waals surface area contributed by atoms with Crippen molar-refractivity contribution >= 4 is 0 Å². The maximum Gasteiger partial charge on any atom is 0.0331 e. The number of nitrogens with zero attached hydrogens (tertiary/aromatic N) is 2. The molecule has 2 heterocycles. The Balaban J connectivity index is 1.90. The van der Waals surface area contributed by atoms with Crippen LogP contribution >= 0.6 is 0 Å². The van der Waals surface area contributed by atoms with Gasteiger partial charge in [-0.3, -0.25) is 4.90 Å². The van der Waals surface area contributed by atoms with Crippen molar-refractivity contribution in [3.05, 3.63) is 12.3 Å². The van der Waals surface area contributed by atoms with Gasteiger partial charge in [0.25, 0.3) is 0 Å². The molecule has 2 aliphatic heterocycles. The first-order valence-corrected chi connectivity index (χ1v) is 5.40. The minimum absolute atomic E-state index is 0.762. The van der Waals surface area contributed by atoms with E-state index in [0.29, 0.717) is 0 Å². The van der Waals surface area contributed by atoms with Gasteiger partial charge in [0.05, 0.1) is 0 Å². The Morgan fingerprint density at radius 2 is 1.92 bits per heavy atom. The van der Waals surface area contributed by atoms with Crippen molar-refractivity contribution < 1.29 is 0 Å². The Morgan fingerprint density at radius 1 is 1.23 bits per heavy atom. The Hall–Kier alpha value is -0.500. The summed E-state index contributed by atoms with van der Waals surface area (Å²) >= 11 is 0. The highest BCUT2D eigenvalue weighted by molar-refractivity contribution is 5.05. The summed E-state index contributed by atoms with van der Waals surface area (Å²) in [4.78, 5) is 4.96. The van der Waals surface area contributed by atoms with Gasteiger partial charge < -0.3 is 4.90 Å². The van der Waals surface area contributed by atoms with Gasteiger partial charge in [0.1, 0.15) is 0 Å². The minimum atomic E-state index is 0.762. The minimum Gasteiger partial charge on any atom is -0.377 e. The Bertz CT molecular complexity index is 194. The molecule has 0 unspecified atom stereocenters. The monoisotopic (exact) mass is 180 g/mol. The normalized spacial score (nSPS) is 31.3. The van der Waals surface area contributed by atoms with Gasteiger partial charge in [0.2, 0.25) is 0 Å². The van der Waals surface area contributed by atoms with Gasteiger partial charge in [-0.05, 0) is 25.9 Å². The van der Waals surface area contributed by atoms with Gasteiger partial charge >= 0.3 is 0 Å². The number of hydrogen-bond acceptors (Lipinski definition) is 2. The number of likely N-dealkylation sites (N-methyl/N-ethyl adjacent to an activating group) is 1. The molecule has 1 atom stereocenters. The van der Waals surface area contributed by atoms with Crippen molar-refractivity contribution in [1.29, 1.82) is 0 Å². The van der Waals surface area contributed by atoms with Crippen LogP contribution in [0.3, 0.4) is 0 Å². The highest BCUT2D eigenvalue weighted by Crippen LogP contribution is 2.24. The van der Waals surface area contributed by atoms with Crippen molar-refractivity contribution in [2.45, 2.75) is 31.7 Å². The zero-order valence-electron chi connectivity index (χ0n) is 8.63. The van der Waals surface area contributed by atoms with Crippen molar-refractivity contribution in [2.75, 3.05) is 26.7 Å². The SMILES string of the molecule is C=C1C[C@@H](N2CCCCC2)CN1C. The lowest BCUT2D eigenvalue weighted by molar-refractivity contribution is 0.166. The summed E-state index contributed by atoms with van der Waals surface area (Å²) in [5.74, 6) is 0. The fourth-order valence-corrected chi connectivity index (χ4v) is 2.47. The van der Waals surface area contributed by atoms with Crippen LogP contribution in [0.4, 0.5) is 0 Å². The number of rotatable bonds is 1. The lowest BCUT2D eigenvalue weighted by Crippen LogP contribution is -2.40. The fraction of sp³-hybridized carbons (Fsp3) is 0.818. The molecule has 2 heteroatoms. The molecule has 0 aliphatic carbocycles. The first-order chi connectivity index (χ1) is 6.27. The summed E-state index contributed by atoms with van der Waals surface area (Å²) in [6, 6.07) is 0.762. The summed E-state index contributed by atoms with van der Waals surface area (Å²) in [5, 5.41) is 0. The molecule has 0 radical (unpaired) electrons. The molecule has 0 N–H and O–H groups in total. The molecule has 0 aromatic carbocycles. The van der Waals surface area contributed by atoms with E-state index in [-0.39, 0.29) is 0 Å². The molecule has 2 fully saturated rings. The maximum absolute atomic E-state index is 4.08. The molecule has 2 nitrogen and oxygen atoms in total. The van der Waals surface area contributed by atoms with Crippen LogP contribution in [0.5, 0.6) is 0 Å². The van der Waals surface area contributed by atoms with Crippen LogP contribution in [0.25, 0.3) is 0 Å². The van der Waals surface area contributed by atoms with E-state index in [1.165, 1.54) is 51.0 Å². The average Bonchev–Trinajstić information content (AvgIpc) is 2.49. The second-order valence-corrected chi connectivity index (χ2v) is 4.40. The molecule has 0 spiro atoms. The third-order valence-corrected chi connectivity index (χ3v) is 3.40. The molecule has 0 saturated carbocycles. The third kappa shape index (κ3) is 1.88. The van der Waals surface area contributed by atoms with Gasteiger partial charge in [0.15, 0.2) is 0 Å². The lowest BCUT2D eigenvalue weighted by atomic mass is 10.1. The van der Waals surface area contributed by atoms with Crippen LogP contribution in [0.15, 0.2) is 12.3 Å².